The molecule has 0 spiro atoms. The number of hydrogen-bond donors (Lipinski definition) is 2. The number of nitrogens with one attached hydrogen (secondary N) is 1. The fraction of sp³-hybridized carbons (Fsp3) is 0. The first kappa shape index (κ1) is 8.32. The number of rotatable bonds is 0. The van der Waals surface area contributed by atoms with Crippen LogP contribution >= 0.6 is 0 Å². The Hall–Kier alpha value is -2.28. The van der Waals surface area contributed by atoms with E-state index in [1.165, 1.54) is 0 Å². The van der Waals surface area contributed by atoms with Crippen molar-refractivity contribution in [1.29, 1.82) is 0 Å². The number of amides is 1. The summed E-state index contributed by atoms with van der Waals surface area (Å²) in [5.74, 6) is 4.23. The molecule has 1 heterocycles. The van der Waals surface area contributed by atoms with Crippen LogP contribution in [0.5, 0.6) is 0 Å². The largest absolute Gasteiger partial charge is 0.359 e. The van der Waals surface area contributed by atoms with Crippen molar-refractivity contribution in [1.82, 2.24) is 10.2 Å². The van der Waals surface area contributed by atoms with Gasteiger partial charge in [-0.05, 0) is 18.1 Å². The van der Waals surface area contributed by atoms with Crippen LogP contribution in [0, 0.1) is 11.8 Å². The first-order valence-corrected chi connectivity index (χ1v) is 4.02. The highest BCUT2D eigenvalue weighted by atomic mass is 16.1. The Kier molecular flexibility index (Phi) is 1.92. The minimum Gasteiger partial charge on any atom is -0.359 e. The molecule has 14 heavy (non-hydrogen) atoms. The van der Waals surface area contributed by atoms with Crippen LogP contribution in [0.1, 0.15) is 5.69 Å². The fourth-order valence-electron chi connectivity index (χ4n) is 1.18. The number of fused-ring (bicyclic) bond motifs is 1. The van der Waals surface area contributed by atoms with E-state index in [1.54, 1.807) is 0 Å². The van der Waals surface area contributed by atoms with Gasteiger partial charge in [-0.3, -0.25) is 9.89 Å². The number of H-pyrrole nitrogens is 1. The molecule has 2 aromatic rings. The maximum Gasteiger partial charge on any atom is 0.293 e. The summed E-state index contributed by atoms with van der Waals surface area (Å²) in [6.07, 6.45) is 0. The Morgan fingerprint density at radius 1 is 1.43 bits per heavy atom. The number of carbonyl (C=O) groups is 1. The lowest BCUT2D eigenvalue weighted by Crippen LogP contribution is -2.06. The van der Waals surface area contributed by atoms with Gasteiger partial charge in [0.15, 0.2) is 0 Å². The van der Waals surface area contributed by atoms with E-state index in [0.717, 1.165) is 10.9 Å². The van der Waals surface area contributed by atoms with Crippen LogP contribution in [-0.4, -0.2) is 16.1 Å². The quantitative estimate of drug-likeness (QED) is 0.583. The standard InChI is InChI=1S/C10H7N3O/c11-10(14)6-5-9-7-3-1-2-4-8(7)12-13-9/h1-4H,(H2,11,14)(H,12,13). The highest BCUT2D eigenvalue weighted by molar-refractivity contribution is 5.94. The summed E-state index contributed by atoms with van der Waals surface area (Å²) in [4.78, 5) is 10.4. The zero-order valence-corrected chi connectivity index (χ0v) is 7.24. The number of carbonyl (C=O) groups excluding carboxylic acids is 1. The number of primary amides is 1. The third kappa shape index (κ3) is 1.43. The van der Waals surface area contributed by atoms with E-state index in [1.807, 2.05) is 24.3 Å². The summed E-state index contributed by atoms with van der Waals surface area (Å²) >= 11 is 0. The topological polar surface area (TPSA) is 71.8 Å². The van der Waals surface area contributed by atoms with Gasteiger partial charge in [0.1, 0.15) is 5.69 Å². The predicted molar refractivity (Wildman–Crippen MR) is 52.2 cm³/mol. The molecule has 0 aliphatic rings. The molecule has 0 aliphatic carbocycles. The van der Waals surface area contributed by atoms with Crippen LogP contribution in [-0.2, 0) is 4.79 Å². The molecule has 4 heteroatoms. The predicted octanol–water partition coefficient (Wildman–Crippen LogP) is 0.400. The number of aromatic amines is 1. The molecule has 2 rings (SSSR count). The smallest absolute Gasteiger partial charge is 0.293 e. The summed E-state index contributed by atoms with van der Waals surface area (Å²) in [7, 11) is 0. The minimum atomic E-state index is -0.649. The molecule has 0 fully saturated rings. The van der Waals surface area contributed by atoms with E-state index in [0.29, 0.717) is 5.69 Å². The lowest BCUT2D eigenvalue weighted by molar-refractivity contribution is -0.112. The molecule has 4 nitrogen and oxygen atoms in total. The van der Waals surface area contributed by atoms with Crippen molar-refractivity contribution < 1.29 is 4.79 Å². The van der Waals surface area contributed by atoms with E-state index in [2.05, 4.69) is 22.0 Å². The molecular formula is C10H7N3O. The van der Waals surface area contributed by atoms with Gasteiger partial charge in [-0.1, -0.05) is 12.1 Å². The maximum absolute atomic E-state index is 10.4. The molecule has 0 saturated carbocycles. The average Bonchev–Trinajstić information content (AvgIpc) is 2.58. The van der Waals surface area contributed by atoms with Crippen molar-refractivity contribution in [2.75, 3.05) is 0 Å². The normalized spacial score (nSPS) is 9.43. The molecule has 0 aliphatic heterocycles. The summed E-state index contributed by atoms with van der Waals surface area (Å²) in [5, 5.41) is 7.64. The zero-order valence-electron chi connectivity index (χ0n) is 7.24. The number of aromatic nitrogens is 2. The van der Waals surface area contributed by atoms with E-state index in [-0.39, 0.29) is 0 Å². The van der Waals surface area contributed by atoms with Crippen molar-refractivity contribution in [3.05, 3.63) is 30.0 Å². The Morgan fingerprint density at radius 2 is 2.21 bits per heavy atom. The summed E-state index contributed by atoms with van der Waals surface area (Å²) in [6, 6.07) is 7.51. The molecule has 0 atom stereocenters. The molecule has 0 radical (unpaired) electrons. The third-order valence-electron chi connectivity index (χ3n) is 1.77. The van der Waals surface area contributed by atoms with Gasteiger partial charge >= 0.3 is 0 Å². The highest BCUT2D eigenvalue weighted by Crippen LogP contribution is 2.13. The van der Waals surface area contributed by atoms with Crippen molar-refractivity contribution in [3.63, 3.8) is 0 Å². The Bertz CT molecular complexity index is 545. The number of benzene rings is 1. The third-order valence-corrected chi connectivity index (χ3v) is 1.77. The Balaban J connectivity index is 2.55. The molecule has 0 bridgehead atoms. The van der Waals surface area contributed by atoms with E-state index < -0.39 is 5.91 Å². The second-order valence-corrected chi connectivity index (χ2v) is 2.73. The molecule has 0 saturated heterocycles. The fourth-order valence-corrected chi connectivity index (χ4v) is 1.18. The molecule has 1 aromatic carbocycles. The lowest BCUT2D eigenvalue weighted by atomic mass is 10.2. The van der Waals surface area contributed by atoms with Crippen molar-refractivity contribution in [3.8, 4) is 11.8 Å². The monoisotopic (exact) mass is 185 g/mol. The lowest BCUT2D eigenvalue weighted by Gasteiger charge is -1.84. The van der Waals surface area contributed by atoms with Gasteiger partial charge in [0.2, 0.25) is 0 Å². The van der Waals surface area contributed by atoms with Gasteiger partial charge in [-0.25, -0.2) is 0 Å². The van der Waals surface area contributed by atoms with E-state index in [4.69, 9.17) is 5.73 Å². The van der Waals surface area contributed by atoms with Gasteiger partial charge in [0, 0.05) is 11.3 Å². The zero-order chi connectivity index (χ0) is 9.97. The Labute approximate surface area is 80.1 Å². The van der Waals surface area contributed by atoms with Gasteiger partial charge < -0.3 is 5.73 Å². The second kappa shape index (κ2) is 3.23. The summed E-state index contributed by atoms with van der Waals surface area (Å²) in [5.41, 5.74) is 6.34. The molecule has 3 N–H and O–H groups in total. The van der Waals surface area contributed by atoms with Crippen LogP contribution in [0.3, 0.4) is 0 Å². The maximum atomic E-state index is 10.4. The molecule has 1 amide bonds. The van der Waals surface area contributed by atoms with Gasteiger partial charge in [-0.15, -0.1) is 0 Å². The SMILES string of the molecule is NC(=O)C#Cc1[nH]nc2ccccc12. The molecule has 1 aromatic heterocycles. The van der Waals surface area contributed by atoms with Crippen molar-refractivity contribution in [2.24, 2.45) is 5.73 Å². The van der Waals surface area contributed by atoms with Gasteiger partial charge in [-0.2, -0.15) is 5.10 Å². The number of para-hydroxylation sites is 1. The number of hydrogen-bond acceptors (Lipinski definition) is 2. The molecule has 68 valence electrons. The van der Waals surface area contributed by atoms with Crippen LogP contribution < -0.4 is 5.73 Å². The van der Waals surface area contributed by atoms with E-state index in [9.17, 15) is 4.79 Å². The first-order valence-electron chi connectivity index (χ1n) is 4.02. The summed E-state index contributed by atoms with van der Waals surface area (Å²) in [6.45, 7) is 0. The minimum absolute atomic E-state index is 0.611. The first-order chi connectivity index (χ1) is 6.77. The van der Waals surface area contributed by atoms with Gasteiger partial charge in [0.25, 0.3) is 5.91 Å². The van der Waals surface area contributed by atoms with Crippen molar-refractivity contribution in [2.45, 2.75) is 0 Å². The number of nitrogens with zero attached hydrogens (tertiary/aromatic N) is 1. The summed E-state index contributed by atoms with van der Waals surface area (Å²) < 4.78 is 0. The van der Waals surface area contributed by atoms with Crippen LogP contribution in [0.15, 0.2) is 24.3 Å². The second-order valence-electron chi connectivity index (χ2n) is 2.73. The van der Waals surface area contributed by atoms with Gasteiger partial charge in [0.05, 0.1) is 5.52 Å². The highest BCUT2D eigenvalue weighted by Gasteiger charge is 2.00. The van der Waals surface area contributed by atoms with Crippen LogP contribution in [0.25, 0.3) is 10.9 Å². The van der Waals surface area contributed by atoms with Crippen LogP contribution in [0.4, 0.5) is 0 Å². The molecular weight excluding hydrogens is 178 g/mol. The van der Waals surface area contributed by atoms with E-state index >= 15 is 0 Å². The average molecular weight is 185 g/mol. The number of nitrogens with two attached hydrogens (primary N) is 1. The Morgan fingerprint density at radius 3 is 3.00 bits per heavy atom. The van der Waals surface area contributed by atoms with Crippen LogP contribution in [0.2, 0.25) is 0 Å². The van der Waals surface area contributed by atoms with Crippen molar-refractivity contribution >= 4 is 16.8 Å². The molecule has 0 unspecified atom stereocenters.